The van der Waals surface area contributed by atoms with Crippen molar-refractivity contribution in [3.05, 3.63) is 41.0 Å². The number of nitrogens with zero attached hydrogens (tertiary/aromatic N) is 1. The van der Waals surface area contributed by atoms with E-state index in [1.54, 1.807) is 6.92 Å². The second-order valence-corrected chi connectivity index (χ2v) is 8.32. The number of phenols is 1. The van der Waals surface area contributed by atoms with Crippen LogP contribution >= 0.6 is 0 Å². The summed E-state index contributed by atoms with van der Waals surface area (Å²) in [4.78, 5) is 14.1. The molecule has 2 aliphatic rings. The van der Waals surface area contributed by atoms with Gasteiger partial charge in [-0.2, -0.15) is 0 Å². The Labute approximate surface area is 151 Å². The summed E-state index contributed by atoms with van der Waals surface area (Å²) in [5.74, 6) is 0.939. The quantitative estimate of drug-likeness (QED) is 0.769. The van der Waals surface area contributed by atoms with Gasteiger partial charge >= 0.3 is 0 Å². The maximum atomic E-state index is 12.3. The van der Waals surface area contributed by atoms with E-state index in [4.69, 9.17) is 0 Å². The van der Waals surface area contributed by atoms with Crippen molar-refractivity contribution >= 4 is 5.91 Å². The topological polar surface area (TPSA) is 40.5 Å². The Morgan fingerprint density at radius 3 is 2.72 bits per heavy atom. The van der Waals surface area contributed by atoms with Gasteiger partial charge in [-0.1, -0.05) is 38.8 Å². The molecule has 4 unspecified atom stereocenters. The molecule has 25 heavy (non-hydrogen) atoms. The van der Waals surface area contributed by atoms with Crippen molar-refractivity contribution in [3.8, 4) is 5.75 Å². The van der Waals surface area contributed by atoms with E-state index in [-0.39, 0.29) is 23.3 Å². The molecule has 3 rings (SSSR count). The third-order valence-electron chi connectivity index (χ3n) is 6.84. The van der Waals surface area contributed by atoms with E-state index in [0.29, 0.717) is 11.7 Å². The Balaban J connectivity index is 2.30. The van der Waals surface area contributed by atoms with Gasteiger partial charge in [0.1, 0.15) is 5.75 Å². The third kappa shape index (κ3) is 2.51. The van der Waals surface area contributed by atoms with Crippen LogP contribution in [0, 0.1) is 12.3 Å². The van der Waals surface area contributed by atoms with E-state index in [1.807, 2.05) is 18.0 Å². The molecule has 0 spiro atoms. The van der Waals surface area contributed by atoms with E-state index >= 15 is 0 Å². The van der Waals surface area contributed by atoms with Crippen LogP contribution in [-0.2, 0) is 4.79 Å². The zero-order valence-electron chi connectivity index (χ0n) is 16.2. The van der Waals surface area contributed by atoms with Crippen LogP contribution < -0.4 is 0 Å². The molecule has 4 atom stereocenters. The summed E-state index contributed by atoms with van der Waals surface area (Å²) >= 11 is 0. The Morgan fingerprint density at radius 1 is 1.44 bits per heavy atom. The monoisotopic (exact) mass is 341 g/mol. The first-order chi connectivity index (χ1) is 11.7. The van der Waals surface area contributed by atoms with Crippen molar-refractivity contribution in [2.45, 2.75) is 71.3 Å². The van der Waals surface area contributed by atoms with Gasteiger partial charge in [0.25, 0.3) is 0 Å². The molecule has 1 saturated carbocycles. The van der Waals surface area contributed by atoms with Crippen LogP contribution in [0.2, 0.25) is 0 Å². The van der Waals surface area contributed by atoms with Crippen molar-refractivity contribution in [1.29, 1.82) is 0 Å². The van der Waals surface area contributed by atoms with Crippen LogP contribution in [0.4, 0.5) is 0 Å². The van der Waals surface area contributed by atoms with Gasteiger partial charge in [0.05, 0.1) is 6.04 Å². The average molecular weight is 341 g/mol. The van der Waals surface area contributed by atoms with E-state index in [2.05, 4.69) is 33.4 Å². The van der Waals surface area contributed by atoms with Crippen molar-refractivity contribution in [1.82, 2.24) is 4.90 Å². The number of benzene rings is 1. The molecule has 3 nitrogen and oxygen atoms in total. The number of phenolic OH excluding ortho intramolecular Hbond substituents is 1. The highest BCUT2D eigenvalue weighted by atomic mass is 16.3. The summed E-state index contributed by atoms with van der Waals surface area (Å²) in [5.41, 5.74) is 4.46. The molecule has 0 radical (unpaired) electrons. The number of allylic oxidation sites excluding steroid dienone is 1. The van der Waals surface area contributed by atoms with Gasteiger partial charge in [0.2, 0.25) is 5.91 Å². The summed E-state index contributed by atoms with van der Waals surface area (Å²) in [6, 6.07) is 2.08. The number of aromatic hydroxyl groups is 1. The number of hydrogen-bond donors (Lipinski definition) is 1. The van der Waals surface area contributed by atoms with E-state index in [0.717, 1.165) is 24.0 Å². The number of aryl methyl sites for hydroxylation is 1. The molecule has 1 aromatic carbocycles. The molecule has 1 fully saturated rings. The van der Waals surface area contributed by atoms with Gasteiger partial charge < -0.3 is 10.0 Å². The summed E-state index contributed by atoms with van der Waals surface area (Å²) in [5, 5.41) is 11.2. The first-order valence-corrected chi connectivity index (χ1v) is 9.46. The van der Waals surface area contributed by atoms with Gasteiger partial charge in [0.15, 0.2) is 0 Å². The van der Waals surface area contributed by atoms with Crippen LogP contribution in [0.25, 0.3) is 0 Å². The highest BCUT2D eigenvalue weighted by Gasteiger charge is 2.54. The van der Waals surface area contributed by atoms with Crippen LogP contribution in [-0.4, -0.2) is 23.0 Å². The largest absolute Gasteiger partial charge is 0.507 e. The Morgan fingerprint density at radius 2 is 2.12 bits per heavy atom. The maximum Gasteiger partial charge on any atom is 0.219 e. The van der Waals surface area contributed by atoms with Crippen LogP contribution in [0.3, 0.4) is 0 Å². The molecule has 0 heterocycles. The van der Waals surface area contributed by atoms with Crippen LogP contribution in [0.15, 0.2) is 18.7 Å². The van der Waals surface area contributed by atoms with Gasteiger partial charge in [-0.05, 0) is 42.2 Å². The molecule has 0 aromatic heterocycles. The number of carbonyl (C=O) groups excluding carboxylic acids is 1. The van der Waals surface area contributed by atoms with Gasteiger partial charge in [-0.3, -0.25) is 4.79 Å². The molecular weight excluding hydrogens is 310 g/mol. The first kappa shape index (κ1) is 18.0. The fraction of sp³-hybridized carbons (Fsp3) is 0.591. The minimum atomic E-state index is -0.0547. The van der Waals surface area contributed by atoms with Gasteiger partial charge in [0, 0.05) is 31.0 Å². The van der Waals surface area contributed by atoms with Crippen LogP contribution in [0.5, 0.6) is 5.75 Å². The number of fused-ring (bicyclic) bond motifs is 3. The smallest absolute Gasteiger partial charge is 0.219 e. The highest BCUT2D eigenvalue weighted by Crippen LogP contribution is 2.65. The fourth-order valence-corrected chi connectivity index (χ4v) is 5.40. The standard InChI is InChI=1S/C22H31NO2/c1-7-13(2)16-12-14(3)18-17-10-8-9-11-22(17,5)21(19(18)20(16)25)23(6)15(4)24/h7,12-13,17,21,25H,1,8-11H2,2-6H3. The molecule has 0 bridgehead atoms. The first-order valence-electron chi connectivity index (χ1n) is 9.46. The van der Waals surface area contributed by atoms with E-state index < -0.39 is 0 Å². The van der Waals surface area contributed by atoms with Crippen molar-refractivity contribution in [2.24, 2.45) is 5.41 Å². The molecular formula is C22H31NO2. The van der Waals surface area contributed by atoms with E-state index in [1.165, 1.54) is 24.0 Å². The predicted octanol–water partition coefficient (Wildman–Crippen LogP) is 5.19. The SMILES string of the molecule is C=CC(C)c1cc(C)c2c(c1O)C(N(C)C(C)=O)C1(C)CCCCC21. The van der Waals surface area contributed by atoms with Crippen molar-refractivity contribution < 1.29 is 9.90 Å². The zero-order chi connectivity index (χ0) is 18.5. The lowest BCUT2D eigenvalue weighted by Gasteiger charge is -2.44. The number of hydrogen-bond acceptors (Lipinski definition) is 2. The third-order valence-corrected chi connectivity index (χ3v) is 6.84. The number of amides is 1. The van der Waals surface area contributed by atoms with Gasteiger partial charge in [-0.15, -0.1) is 6.58 Å². The van der Waals surface area contributed by atoms with E-state index in [9.17, 15) is 9.90 Å². The Bertz CT molecular complexity index is 723. The molecule has 2 aliphatic carbocycles. The van der Waals surface area contributed by atoms with Gasteiger partial charge in [-0.25, -0.2) is 0 Å². The minimum absolute atomic E-state index is 0.000711. The Hall–Kier alpha value is -1.77. The molecule has 0 saturated heterocycles. The Kier molecular flexibility index (Phi) is 4.47. The summed E-state index contributed by atoms with van der Waals surface area (Å²) < 4.78 is 0. The van der Waals surface area contributed by atoms with Crippen molar-refractivity contribution in [2.75, 3.05) is 7.05 Å². The second kappa shape index (κ2) is 6.19. The summed E-state index contributed by atoms with van der Waals surface area (Å²) in [6.45, 7) is 12.0. The number of rotatable bonds is 3. The average Bonchev–Trinajstić information content (AvgIpc) is 2.86. The lowest BCUT2D eigenvalue weighted by atomic mass is 9.66. The molecule has 136 valence electrons. The molecule has 3 heteroatoms. The predicted molar refractivity (Wildman–Crippen MR) is 102 cm³/mol. The fourth-order valence-electron chi connectivity index (χ4n) is 5.40. The minimum Gasteiger partial charge on any atom is -0.507 e. The summed E-state index contributed by atoms with van der Waals surface area (Å²) in [7, 11) is 1.89. The van der Waals surface area contributed by atoms with Crippen molar-refractivity contribution in [3.63, 3.8) is 0 Å². The van der Waals surface area contributed by atoms with Crippen LogP contribution in [0.1, 0.15) is 86.6 Å². The normalized spacial score (nSPS) is 28.8. The molecule has 1 aromatic rings. The molecule has 0 aliphatic heterocycles. The number of carbonyl (C=O) groups is 1. The molecule has 1 amide bonds. The summed E-state index contributed by atoms with van der Waals surface area (Å²) in [6.07, 6.45) is 6.52. The highest BCUT2D eigenvalue weighted by molar-refractivity contribution is 5.75. The lowest BCUT2D eigenvalue weighted by Crippen LogP contribution is -2.40. The maximum absolute atomic E-state index is 12.3. The molecule has 1 N–H and O–H groups in total. The second-order valence-electron chi connectivity index (χ2n) is 8.32. The zero-order valence-corrected chi connectivity index (χ0v) is 16.2. The lowest BCUT2D eigenvalue weighted by molar-refractivity contribution is -0.132.